The average molecular weight is 482 g/mol. The number of para-hydroxylation sites is 2. The molecule has 4 aromatic rings. The van der Waals surface area contributed by atoms with E-state index in [9.17, 15) is 9.59 Å². The molecule has 0 radical (unpaired) electrons. The van der Waals surface area contributed by atoms with Crippen molar-refractivity contribution in [3.63, 3.8) is 0 Å². The summed E-state index contributed by atoms with van der Waals surface area (Å²) in [5.74, 6) is 0.449. The minimum atomic E-state index is -0.102. The highest BCUT2D eigenvalue weighted by atomic mass is 16.2. The van der Waals surface area contributed by atoms with Crippen molar-refractivity contribution in [2.75, 3.05) is 37.6 Å². The van der Waals surface area contributed by atoms with E-state index in [-0.39, 0.29) is 11.6 Å². The summed E-state index contributed by atoms with van der Waals surface area (Å²) in [7, 11) is 0. The van der Waals surface area contributed by atoms with Gasteiger partial charge in [0.25, 0.3) is 5.56 Å². The van der Waals surface area contributed by atoms with Crippen molar-refractivity contribution in [3.8, 4) is 0 Å². The first-order valence-electron chi connectivity index (χ1n) is 12.5. The number of aromatic nitrogens is 2. The van der Waals surface area contributed by atoms with Crippen LogP contribution < -0.4 is 15.8 Å². The zero-order valence-electron chi connectivity index (χ0n) is 20.6. The van der Waals surface area contributed by atoms with E-state index in [1.807, 2.05) is 56.8 Å². The molecule has 1 N–H and O–H groups in total. The van der Waals surface area contributed by atoms with Crippen LogP contribution in [0.3, 0.4) is 0 Å². The number of amides is 2. The molecule has 5 rings (SSSR count). The van der Waals surface area contributed by atoms with Gasteiger partial charge < -0.3 is 15.1 Å². The van der Waals surface area contributed by atoms with Crippen LogP contribution in [0, 0.1) is 6.92 Å². The minimum absolute atomic E-state index is 0.0613. The number of rotatable bonds is 6. The van der Waals surface area contributed by atoms with E-state index in [1.54, 1.807) is 0 Å². The molecule has 0 saturated carbocycles. The number of benzene rings is 3. The first-order valence-corrected chi connectivity index (χ1v) is 12.5. The van der Waals surface area contributed by atoms with Gasteiger partial charge in [0, 0.05) is 32.7 Å². The normalized spacial score (nSPS) is 13.7. The lowest BCUT2D eigenvalue weighted by Crippen LogP contribution is -2.53. The Morgan fingerprint density at radius 3 is 2.31 bits per heavy atom. The third kappa shape index (κ3) is 5.25. The van der Waals surface area contributed by atoms with Gasteiger partial charge in [-0.2, -0.15) is 0 Å². The standard InChI is InChI=1S/C29H31N5O2/c1-22-11-13-24(14-12-22)21-34-26-10-6-5-9-25(26)31-27(28(34)35)32-17-19-33(20-18-32)29(36)30-16-15-23-7-3-2-4-8-23/h2-14H,15-21H2,1H3,(H,30,36). The Kier molecular flexibility index (Phi) is 6.98. The van der Waals surface area contributed by atoms with E-state index in [4.69, 9.17) is 4.98 Å². The lowest BCUT2D eigenvalue weighted by molar-refractivity contribution is 0.194. The number of piperazine rings is 1. The van der Waals surface area contributed by atoms with Crippen LogP contribution in [0.1, 0.15) is 16.7 Å². The minimum Gasteiger partial charge on any atom is -0.348 e. The molecule has 0 bridgehead atoms. The fraction of sp³-hybridized carbons (Fsp3) is 0.276. The van der Waals surface area contributed by atoms with Gasteiger partial charge in [-0.1, -0.05) is 72.3 Å². The highest BCUT2D eigenvalue weighted by Gasteiger charge is 2.24. The first-order chi connectivity index (χ1) is 17.6. The molecule has 7 heteroatoms. The summed E-state index contributed by atoms with van der Waals surface area (Å²) in [5, 5.41) is 3.02. The maximum Gasteiger partial charge on any atom is 0.317 e. The van der Waals surface area contributed by atoms with Crippen molar-refractivity contribution in [2.24, 2.45) is 0 Å². The number of aryl methyl sites for hydroxylation is 1. The van der Waals surface area contributed by atoms with Crippen molar-refractivity contribution in [2.45, 2.75) is 19.9 Å². The fourth-order valence-electron chi connectivity index (χ4n) is 4.61. The Hall–Kier alpha value is -4.13. The Morgan fingerprint density at radius 2 is 1.56 bits per heavy atom. The zero-order valence-corrected chi connectivity index (χ0v) is 20.6. The smallest absolute Gasteiger partial charge is 0.317 e. The van der Waals surface area contributed by atoms with Gasteiger partial charge in [-0.05, 0) is 36.6 Å². The summed E-state index contributed by atoms with van der Waals surface area (Å²) in [6.07, 6.45) is 0.800. The number of carbonyl (C=O) groups excluding carboxylic acids is 1. The number of carbonyl (C=O) groups is 1. The Bertz CT molecular complexity index is 1390. The summed E-state index contributed by atoms with van der Waals surface area (Å²) in [5.41, 5.74) is 4.97. The molecule has 7 nitrogen and oxygen atoms in total. The largest absolute Gasteiger partial charge is 0.348 e. The van der Waals surface area contributed by atoms with E-state index in [1.165, 1.54) is 11.1 Å². The SMILES string of the molecule is Cc1ccc(Cn2c(=O)c(N3CCN(C(=O)NCCc4ccccc4)CC3)nc3ccccc32)cc1. The van der Waals surface area contributed by atoms with Crippen LogP contribution in [-0.2, 0) is 13.0 Å². The maximum atomic E-state index is 13.6. The summed E-state index contributed by atoms with van der Waals surface area (Å²) >= 11 is 0. The van der Waals surface area contributed by atoms with E-state index in [0.29, 0.717) is 45.1 Å². The average Bonchev–Trinajstić information content (AvgIpc) is 2.92. The predicted molar refractivity (Wildman–Crippen MR) is 144 cm³/mol. The highest BCUT2D eigenvalue weighted by Crippen LogP contribution is 2.17. The molecule has 1 aliphatic heterocycles. The summed E-state index contributed by atoms with van der Waals surface area (Å²) in [4.78, 5) is 34.8. The quantitative estimate of drug-likeness (QED) is 0.455. The van der Waals surface area contributed by atoms with Crippen molar-refractivity contribution in [1.82, 2.24) is 19.8 Å². The number of fused-ring (bicyclic) bond motifs is 1. The highest BCUT2D eigenvalue weighted by molar-refractivity contribution is 5.77. The fourth-order valence-corrected chi connectivity index (χ4v) is 4.61. The second kappa shape index (κ2) is 10.6. The second-order valence-electron chi connectivity index (χ2n) is 9.24. The van der Waals surface area contributed by atoms with Gasteiger partial charge in [-0.15, -0.1) is 0 Å². The molecule has 1 saturated heterocycles. The maximum absolute atomic E-state index is 13.6. The molecule has 0 unspecified atom stereocenters. The molecule has 184 valence electrons. The molecule has 2 heterocycles. The lowest BCUT2D eigenvalue weighted by atomic mass is 10.1. The molecule has 36 heavy (non-hydrogen) atoms. The van der Waals surface area contributed by atoms with Crippen LogP contribution in [0.15, 0.2) is 83.7 Å². The lowest BCUT2D eigenvalue weighted by Gasteiger charge is -2.35. The molecule has 2 amide bonds. The van der Waals surface area contributed by atoms with Crippen LogP contribution in [0.25, 0.3) is 11.0 Å². The third-order valence-electron chi connectivity index (χ3n) is 6.70. The summed E-state index contributed by atoms with van der Waals surface area (Å²) in [6.45, 7) is 5.36. The van der Waals surface area contributed by atoms with E-state index in [0.717, 1.165) is 23.0 Å². The van der Waals surface area contributed by atoms with Gasteiger partial charge in [-0.3, -0.25) is 9.36 Å². The number of urea groups is 1. The molecular formula is C29H31N5O2. The zero-order chi connectivity index (χ0) is 24.9. The first kappa shape index (κ1) is 23.6. The van der Waals surface area contributed by atoms with Crippen LogP contribution >= 0.6 is 0 Å². The van der Waals surface area contributed by atoms with E-state index in [2.05, 4.69) is 48.6 Å². The monoisotopic (exact) mass is 481 g/mol. The molecule has 1 aliphatic rings. The predicted octanol–water partition coefficient (Wildman–Crippen LogP) is 3.83. The molecule has 3 aromatic carbocycles. The molecule has 0 atom stereocenters. The van der Waals surface area contributed by atoms with E-state index < -0.39 is 0 Å². The number of nitrogens with one attached hydrogen (secondary N) is 1. The van der Waals surface area contributed by atoms with Crippen LogP contribution in [0.4, 0.5) is 10.6 Å². The van der Waals surface area contributed by atoms with Gasteiger partial charge in [0.05, 0.1) is 17.6 Å². The van der Waals surface area contributed by atoms with Gasteiger partial charge in [-0.25, -0.2) is 9.78 Å². The molecule has 0 aliphatic carbocycles. The van der Waals surface area contributed by atoms with Crippen molar-refractivity contribution >= 4 is 22.9 Å². The summed E-state index contributed by atoms with van der Waals surface area (Å²) in [6, 6.07) is 26.1. The van der Waals surface area contributed by atoms with Gasteiger partial charge in [0.2, 0.25) is 0 Å². The van der Waals surface area contributed by atoms with Crippen molar-refractivity contribution in [1.29, 1.82) is 0 Å². The van der Waals surface area contributed by atoms with Crippen molar-refractivity contribution < 1.29 is 4.79 Å². The van der Waals surface area contributed by atoms with Crippen LogP contribution in [0.5, 0.6) is 0 Å². The Morgan fingerprint density at radius 1 is 0.861 bits per heavy atom. The van der Waals surface area contributed by atoms with Gasteiger partial charge in [0.15, 0.2) is 5.82 Å². The number of hydrogen-bond donors (Lipinski definition) is 1. The Balaban J connectivity index is 1.28. The second-order valence-corrected chi connectivity index (χ2v) is 9.24. The van der Waals surface area contributed by atoms with Crippen molar-refractivity contribution in [3.05, 3.63) is 106 Å². The molecule has 0 spiro atoms. The third-order valence-corrected chi connectivity index (χ3v) is 6.70. The number of hydrogen-bond acceptors (Lipinski definition) is 4. The van der Waals surface area contributed by atoms with E-state index >= 15 is 0 Å². The molecule has 1 aromatic heterocycles. The van der Waals surface area contributed by atoms with Crippen LogP contribution in [-0.4, -0.2) is 53.2 Å². The van der Waals surface area contributed by atoms with Crippen LogP contribution in [0.2, 0.25) is 0 Å². The van der Waals surface area contributed by atoms with Gasteiger partial charge >= 0.3 is 6.03 Å². The molecular weight excluding hydrogens is 450 g/mol. The van der Waals surface area contributed by atoms with Gasteiger partial charge in [0.1, 0.15) is 0 Å². The number of nitrogens with zero attached hydrogens (tertiary/aromatic N) is 4. The Labute approximate surface area is 211 Å². The number of anilines is 1. The summed E-state index contributed by atoms with van der Waals surface area (Å²) < 4.78 is 1.81. The molecule has 1 fully saturated rings. The topological polar surface area (TPSA) is 70.5 Å².